The highest BCUT2D eigenvalue weighted by molar-refractivity contribution is 5.36. The third-order valence-corrected chi connectivity index (χ3v) is 3.70. The largest absolute Gasteiger partial charge is 0.496 e. The van der Waals surface area contributed by atoms with Crippen LogP contribution in [0, 0.1) is 5.92 Å². The lowest BCUT2D eigenvalue weighted by Crippen LogP contribution is -2.14. The molecular formula is C14H20O2. The van der Waals surface area contributed by atoms with Crippen LogP contribution in [0.15, 0.2) is 24.3 Å². The van der Waals surface area contributed by atoms with Crippen LogP contribution in [0.25, 0.3) is 0 Å². The maximum atomic E-state index is 9.60. The normalized spacial score (nSPS) is 18.6. The maximum absolute atomic E-state index is 9.60. The molecule has 0 amide bonds. The second-order valence-electron chi connectivity index (χ2n) is 4.58. The first-order valence-corrected chi connectivity index (χ1v) is 6.10. The van der Waals surface area contributed by atoms with Gasteiger partial charge in [0.05, 0.1) is 13.7 Å². The zero-order chi connectivity index (χ0) is 11.4. The molecule has 0 spiro atoms. The molecule has 16 heavy (non-hydrogen) atoms. The minimum Gasteiger partial charge on any atom is -0.496 e. The molecule has 1 fully saturated rings. The molecule has 1 atom stereocenters. The van der Waals surface area contributed by atoms with E-state index in [1.54, 1.807) is 7.11 Å². The van der Waals surface area contributed by atoms with E-state index in [1.807, 2.05) is 18.2 Å². The van der Waals surface area contributed by atoms with E-state index in [-0.39, 0.29) is 12.5 Å². The van der Waals surface area contributed by atoms with E-state index in [2.05, 4.69) is 6.07 Å². The Morgan fingerprint density at radius 3 is 2.62 bits per heavy atom. The number of hydrogen-bond acceptors (Lipinski definition) is 2. The SMILES string of the molecule is COc1ccccc1C(CO)C1CCCC1. The van der Waals surface area contributed by atoms with Crippen molar-refractivity contribution in [3.05, 3.63) is 29.8 Å². The van der Waals surface area contributed by atoms with Crippen molar-refractivity contribution < 1.29 is 9.84 Å². The van der Waals surface area contributed by atoms with E-state index in [1.165, 1.54) is 31.2 Å². The molecule has 0 saturated heterocycles. The van der Waals surface area contributed by atoms with Crippen molar-refractivity contribution in [1.29, 1.82) is 0 Å². The molecule has 1 unspecified atom stereocenters. The predicted octanol–water partition coefficient (Wildman–Crippen LogP) is 2.96. The number of aliphatic hydroxyl groups is 1. The summed E-state index contributed by atoms with van der Waals surface area (Å²) in [6.07, 6.45) is 5.08. The molecule has 1 N–H and O–H groups in total. The molecule has 1 aliphatic carbocycles. The Hall–Kier alpha value is -1.02. The van der Waals surface area contributed by atoms with E-state index >= 15 is 0 Å². The number of methoxy groups -OCH3 is 1. The van der Waals surface area contributed by atoms with Crippen molar-refractivity contribution in [1.82, 2.24) is 0 Å². The van der Waals surface area contributed by atoms with Crippen LogP contribution in [-0.4, -0.2) is 18.8 Å². The molecule has 1 aromatic rings. The summed E-state index contributed by atoms with van der Waals surface area (Å²) in [7, 11) is 1.70. The lowest BCUT2D eigenvalue weighted by atomic mass is 9.85. The molecule has 1 aromatic carbocycles. The van der Waals surface area contributed by atoms with Crippen LogP contribution >= 0.6 is 0 Å². The molecule has 2 rings (SSSR count). The minimum atomic E-state index is 0.227. The molecule has 0 aliphatic heterocycles. The number of rotatable bonds is 4. The van der Waals surface area contributed by atoms with E-state index in [9.17, 15) is 5.11 Å². The topological polar surface area (TPSA) is 29.5 Å². The van der Waals surface area contributed by atoms with Gasteiger partial charge in [-0.2, -0.15) is 0 Å². The Morgan fingerprint density at radius 2 is 2.00 bits per heavy atom. The van der Waals surface area contributed by atoms with Crippen molar-refractivity contribution in [3.8, 4) is 5.75 Å². The quantitative estimate of drug-likeness (QED) is 0.845. The molecule has 88 valence electrons. The van der Waals surface area contributed by atoms with Crippen molar-refractivity contribution >= 4 is 0 Å². The number of hydrogen-bond donors (Lipinski definition) is 1. The van der Waals surface area contributed by atoms with Crippen molar-refractivity contribution in [2.75, 3.05) is 13.7 Å². The Bertz CT molecular complexity index is 329. The van der Waals surface area contributed by atoms with E-state index in [0.29, 0.717) is 5.92 Å². The summed E-state index contributed by atoms with van der Waals surface area (Å²) >= 11 is 0. The average molecular weight is 220 g/mol. The third kappa shape index (κ3) is 2.22. The zero-order valence-corrected chi connectivity index (χ0v) is 9.86. The van der Waals surface area contributed by atoms with Gasteiger partial charge in [-0.05, 0) is 30.4 Å². The van der Waals surface area contributed by atoms with Crippen molar-refractivity contribution in [2.45, 2.75) is 31.6 Å². The van der Waals surface area contributed by atoms with Gasteiger partial charge >= 0.3 is 0 Å². The molecule has 2 nitrogen and oxygen atoms in total. The molecule has 0 bridgehead atoms. The molecule has 0 aromatic heterocycles. The monoisotopic (exact) mass is 220 g/mol. The average Bonchev–Trinajstić information content (AvgIpc) is 2.84. The van der Waals surface area contributed by atoms with Crippen LogP contribution < -0.4 is 4.74 Å². The lowest BCUT2D eigenvalue weighted by molar-refractivity contribution is 0.222. The maximum Gasteiger partial charge on any atom is 0.122 e. The molecule has 2 heteroatoms. The number of benzene rings is 1. The second-order valence-corrected chi connectivity index (χ2v) is 4.58. The van der Waals surface area contributed by atoms with Crippen molar-refractivity contribution in [2.24, 2.45) is 5.92 Å². The standard InChI is InChI=1S/C14H20O2/c1-16-14-9-5-4-8-12(14)13(10-15)11-6-2-3-7-11/h4-5,8-9,11,13,15H,2-3,6-7,10H2,1H3. The summed E-state index contributed by atoms with van der Waals surface area (Å²) in [6, 6.07) is 8.06. The molecule has 1 aliphatic rings. The molecule has 0 heterocycles. The van der Waals surface area contributed by atoms with Gasteiger partial charge in [-0.15, -0.1) is 0 Å². The molecule has 0 radical (unpaired) electrons. The fourth-order valence-corrected chi connectivity index (χ4v) is 2.83. The Balaban J connectivity index is 2.24. The van der Waals surface area contributed by atoms with Crippen molar-refractivity contribution in [3.63, 3.8) is 0 Å². The molecular weight excluding hydrogens is 200 g/mol. The van der Waals surface area contributed by atoms with E-state index in [4.69, 9.17) is 4.74 Å². The van der Waals surface area contributed by atoms with Crippen LogP contribution in [0.3, 0.4) is 0 Å². The summed E-state index contributed by atoms with van der Waals surface area (Å²) in [5.74, 6) is 1.79. The van der Waals surface area contributed by atoms with Gasteiger partial charge < -0.3 is 9.84 Å². The van der Waals surface area contributed by atoms with Crippen LogP contribution in [-0.2, 0) is 0 Å². The summed E-state index contributed by atoms with van der Waals surface area (Å²) in [6.45, 7) is 0.227. The van der Waals surface area contributed by atoms with Gasteiger partial charge in [-0.25, -0.2) is 0 Å². The Kier molecular flexibility index (Phi) is 3.83. The highest BCUT2D eigenvalue weighted by Gasteiger charge is 2.27. The molecule has 1 saturated carbocycles. The fourth-order valence-electron chi connectivity index (χ4n) is 2.83. The summed E-state index contributed by atoms with van der Waals surface area (Å²) in [4.78, 5) is 0. The van der Waals surface area contributed by atoms with E-state index < -0.39 is 0 Å². The predicted molar refractivity (Wildman–Crippen MR) is 64.8 cm³/mol. The van der Waals surface area contributed by atoms with E-state index in [0.717, 1.165) is 5.75 Å². The third-order valence-electron chi connectivity index (χ3n) is 3.70. The second kappa shape index (κ2) is 5.35. The lowest BCUT2D eigenvalue weighted by Gasteiger charge is -2.23. The van der Waals surface area contributed by atoms with Gasteiger partial charge in [0.25, 0.3) is 0 Å². The van der Waals surface area contributed by atoms with Gasteiger partial charge in [0, 0.05) is 5.92 Å². The van der Waals surface area contributed by atoms with Gasteiger partial charge in [0.15, 0.2) is 0 Å². The van der Waals surface area contributed by atoms with Gasteiger partial charge in [0.2, 0.25) is 0 Å². The highest BCUT2D eigenvalue weighted by Crippen LogP contribution is 2.39. The first-order chi connectivity index (χ1) is 7.86. The van der Waals surface area contributed by atoms with Gasteiger partial charge in [0.1, 0.15) is 5.75 Å². The Morgan fingerprint density at radius 1 is 1.31 bits per heavy atom. The number of para-hydroxylation sites is 1. The van der Waals surface area contributed by atoms with Crippen LogP contribution in [0.5, 0.6) is 5.75 Å². The van der Waals surface area contributed by atoms with Crippen LogP contribution in [0.1, 0.15) is 37.2 Å². The van der Waals surface area contributed by atoms with Gasteiger partial charge in [-0.3, -0.25) is 0 Å². The zero-order valence-electron chi connectivity index (χ0n) is 9.86. The first kappa shape index (κ1) is 11.5. The van der Waals surface area contributed by atoms with Crippen LogP contribution in [0.2, 0.25) is 0 Å². The summed E-state index contributed by atoms with van der Waals surface area (Å²) in [5.41, 5.74) is 1.17. The van der Waals surface area contributed by atoms with Crippen LogP contribution in [0.4, 0.5) is 0 Å². The number of ether oxygens (including phenoxy) is 1. The minimum absolute atomic E-state index is 0.227. The first-order valence-electron chi connectivity index (χ1n) is 6.10. The van der Waals surface area contributed by atoms with Gasteiger partial charge in [-0.1, -0.05) is 31.0 Å². The highest BCUT2D eigenvalue weighted by atomic mass is 16.5. The fraction of sp³-hybridized carbons (Fsp3) is 0.571. The summed E-state index contributed by atoms with van der Waals surface area (Å²) in [5, 5.41) is 9.60. The Labute approximate surface area is 97.3 Å². The smallest absolute Gasteiger partial charge is 0.122 e. The summed E-state index contributed by atoms with van der Waals surface area (Å²) < 4.78 is 5.38. The number of aliphatic hydroxyl groups excluding tert-OH is 1.